The van der Waals surface area contributed by atoms with Gasteiger partial charge in [0.1, 0.15) is 0 Å². The molecular weight excluding hydrogens is 346 g/mol. The Morgan fingerprint density at radius 2 is 1.92 bits per heavy atom. The van der Waals surface area contributed by atoms with Crippen molar-refractivity contribution in [1.82, 2.24) is 25.2 Å². The molecule has 0 radical (unpaired) electrons. The van der Waals surface area contributed by atoms with Gasteiger partial charge in [-0.1, -0.05) is 6.92 Å². The lowest BCUT2D eigenvalue weighted by molar-refractivity contribution is 0.370. The van der Waals surface area contributed by atoms with Crippen LogP contribution in [0.25, 0.3) is 0 Å². The van der Waals surface area contributed by atoms with E-state index >= 15 is 0 Å². The minimum Gasteiger partial charge on any atom is -0.357 e. The summed E-state index contributed by atoms with van der Waals surface area (Å²) in [7, 11) is 0. The summed E-state index contributed by atoms with van der Waals surface area (Å²) in [5.41, 5.74) is 0. The highest BCUT2D eigenvalue weighted by Crippen LogP contribution is 2.14. The fraction of sp³-hybridized carbons (Fsp3) is 0.556. The highest BCUT2D eigenvalue weighted by molar-refractivity contribution is 7.11. The summed E-state index contributed by atoms with van der Waals surface area (Å²) in [4.78, 5) is 23.9. The van der Waals surface area contributed by atoms with E-state index in [1.165, 1.54) is 9.88 Å². The van der Waals surface area contributed by atoms with Crippen LogP contribution in [0.2, 0.25) is 0 Å². The van der Waals surface area contributed by atoms with Gasteiger partial charge in [0.15, 0.2) is 5.96 Å². The van der Waals surface area contributed by atoms with Crippen molar-refractivity contribution < 1.29 is 0 Å². The third-order valence-corrected chi connectivity index (χ3v) is 5.49. The van der Waals surface area contributed by atoms with Crippen LogP contribution in [0, 0.1) is 0 Å². The van der Waals surface area contributed by atoms with Gasteiger partial charge in [0, 0.05) is 69.2 Å². The summed E-state index contributed by atoms with van der Waals surface area (Å²) in [6, 6.07) is 1.85. The molecule has 2 aromatic heterocycles. The van der Waals surface area contributed by atoms with Crippen LogP contribution >= 0.6 is 11.3 Å². The van der Waals surface area contributed by atoms with Crippen molar-refractivity contribution in [3.05, 3.63) is 34.5 Å². The van der Waals surface area contributed by atoms with Gasteiger partial charge in [-0.15, -0.1) is 11.3 Å². The molecule has 0 amide bonds. The molecule has 1 aliphatic rings. The van der Waals surface area contributed by atoms with Gasteiger partial charge in [-0.3, -0.25) is 4.99 Å². The summed E-state index contributed by atoms with van der Waals surface area (Å²) >= 11 is 1.80. The van der Waals surface area contributed by atoms with Crippen LogP contribution in [0.1, 0.15) is 23.7 Å². The van der Waals surface area contributed by atoms with Gasteiger partial charge < -0.3 is 15.1 Å². The van der Waals surface area contributed by atoms with Crippen molar-refractivity contribution in [2.24, 2.45) is 4.99 Å². The maximum atomic E-state index is 4.81. The molecule has 0 bridgehead atoms. The molecule has 0 spiro atoms. The van der Waals surface area contributed by atoms with Crippen LogP contribution in [-0.4, -0.2) is 65.1 Å². The number of anilines is 1. The average molecular weight is 374 g/mol. The zero-order valence-electron chi connectivity index (χ0n) is 15.6. The second-order valence-corrected chi connectivity index (χ2v) is 7.28. The molecule has 2 aromatic rings. The number of thiazole rings is 1. The first-order chi connectivity index (χ1) is 12.8. The monoisotopic (exact) mass is 373 g/mol. The number of aliphatic imine (C=N–C) groups is 1. The molecule has 140 valence electrons. The maximum Gasteiger partial charge on any atom is 0.225 e. The summed E-state index contributed by atoms with van der Waals surface area (Å²) in [6.45, 7) is 9.56. The van der Waals surface area contributed by atoms with Crippen molar-refractivity contribution in [2.45, 2.75) is 26.7 Å². The van der Waals surface area contributed by atoms with Gasteiger partial charge in [-0.25, -0.2) is 15.0 Å². The highest BCUT2D eigenvalue weighted by Gasteiger charge is 2.20. The number of hydrogen-bond donors (Lipinski definition) is 1. The second kappa shape index (κ2) is 9.47. The zero-order chi connectivity index (χ0) is 18.2. The Balaban J connectivity index is 1.54. The Bertz CT molecular complexity index is 693. The molecule has 0 saturated carbocycles. The first-order valence-corrected chi connectivity index (χ1v) is 10.1. The molecule has 1 aliphatic heterocycles. The summed E-state index contributed by atoms with van der Waals surface area (Å²) < 4.78 is 0. The molecule has 7 nitrogen and oxygen atoms in total. The predicted octanol–water partition coefficient (Wildman–Crippen LogP) is 1.83. The SMILES string of the molecule is CCNC(=NCCc1ncc(CC)s1)N1CCN(c2ncccn2)CC1. The van der Waals surface area contributed by atoms with E-state index in [2.05, 4.69) is 43.9 Å². The fourth-order valence-corrected chi connectivity index (χ4v) is 3.73. The van der Waals surface area contributed by atoms with Gasteiger partial charge in [0.05, 0.1) is 5.01 Å². The van der Waals surface area contributed by atoms with E-state index in [1.54, 1.807) is 23.7 Å². The highest BCUT2D eigenvalue weighted by atomic mass is 32.1. The third-order valence-electron chi connectivity index (χ3n) is 4.29. The quantitative estimate of drug-likeness (QED) is 0.615. The Hall–Kier alpha value is -2.22. The molecule has 0 aliphatic carbocycles. The third kappa shape index (κ3) is 4.91. The molecule has 0 aromatic carbocycles. The van der Waals surface area contributed by atoms with Gasteiger partial charge in [-0.2, -0.15) is 0 Å². The number of guanidine groups is 1. The molecular formula is C18H27N7S. The standard InChI is InChI=1S/C18H27N7S/c1-3-15-14-23-16(26-15)6-9-22-17(19-4-2)24-10-12-25(13-11-24)18-20-7-5-8-21-18/h5,7-8,14H,3-4,6,9-13H2,1-2H3,(H,19,22). The molecule has 0 atom stereocenters. The molecule has 3 heterocycles. The molecule has 1 N–H and O–H groups in total. The first kappa shape index (κ1) is 18.6. The Morgan fingerprint density at radius 3 is 2.58 bits per heavy atom. The van der Waals surface area contributed by atoms with Gasteiger partial charge in [0.2, 0.25) is 5.95 Å². The van der Waals surface area contributed by atoms with E-state index < -0.39 is 0 Å². The number of piperazine rings is 1. The van der Waals surface area contributed by atoms with Crippen molar-refractivity contribution in [3.63, 3.8) is 0 Å². The summed E-state index contributed by atoms with van der Waals surface area (Å²) in [5, 5.41) is 4.59. The van der Waals surface area contributed by atoms with E-state index in [1.807, 2.05) is 12.3 Å². The van der Waals surface area contributed by atoms with Crippen LogP contribution in [0.15, 0.2) is 29.6 Å². The zero-order valence-corrected chi connectivity index (χ0v) is 16.4. The maximum absolute atomic E-state index is 4.81. The van der Waals surface area contributed by atoms with Crippen molar-refractivity contribution in [1.29, 1.82) is 0 Å². The number of rotatable bonds is 6. The van der Waals surface area contributed by atoms with Crippen molar-refractivity contribution in [2.75, 3.05) is 44.2 Å². The largest absolute Gasteiger partial charge is 0.357 e. The topological polar surface area (TPSA) is 69.5 Å². The van der Waals surface area contributed by atoms with Gasteiger partial charge in [0.25, 0.3) is 0 Å². The smallest absolute Gasteiger partial charge is 0.225 e. The van der Waals surface area contributed by atoms with E-state index in [9.17, 15) is 0 Å². The van der Waals surface area contributed by atoms with E-state index in [-0.39, 0.29) is 0 Å². The predicted molar refractivity (Wildman–Crippen MR) is 107 cm³/mol. The Labute approximate surface area is 159 Å². The van der Waals surface area contributed by atoms with E-state index in [0.717, 1.165) is 64.0 Å². The number of nitrogens with one attached hydrogen (secondary N) is 1. The van der Waals surface area contributed by atoms with Crippen LogP contribution in [0.4, 0.5) is 5.95 Å². The fourth-order valence-electron chi connectivity index (χ4n) is 2.88. The minimum atomic E-state index is 0.765. The minimum absolute atomic E-state index is 0.765. The lowest BCUT2D eigenvalue weighted by atomic mass is 10.3. The first-order valence-electron chi connectivity index (χ1n) is 9.29. The summed E-state index contributed by atoms with van der Waals surface area (Å²) in [6.07, 6.45) is 7.53. The molecule has 8 heteroatoms. The second-order valence-electron chi connectivity index (χ2n) is 6.08. The number of hydrogen-bond acceptors (Lipinski definition) is 6. The molecule has 1 saturated heterocycles. The van der Waals surface area contributed by atoms with Crippen LogP contribution in [0.3, 0.4) is 0 Å². The Morgan fingerprint density at radius 1 is 1.15 bits per heavy atom. The van der Waals surface area contributed by atoms with Gasteiger partial charge >= 0.3 is 0 Å². The molecule has 0 unspecified atom stereocenters. The lowest BCUT2D eigenvalue weighted by Gasteiger charge is -2.36. The molecule has 3 rings (SSSR count). The molecule has 1 fully saturated rings. The average Bonchev–Trinajstić information content (AvgIpc) is 3.16. The number of aromatic nitrogens is 3. The molecule has 26 heavy (non-hydrogen) atoms. The van der Waals surface area contributed by atoms with Crippen LogP contribution < -0.4 is 10.2 Å². The summed E-state index contributed by atoms with van der Waals surface area (Å²) in [5.74, 6) is 1.80. The van der Waals surface area contributed by atoms with E-state index in [4.69, 9.17) is 4.99 Å². The number of nitrogens with zero attached hydrogens (tertiary/aromatic N) is 6. The van der Waals surface area contributed by atoms with Gasteiger partial charge in [-0.05, 0) is 19.4 Å². The number of aryl methyl sites for hydroxylation is 1. The van der Waals surface area contributed by atoms with Crippen molar-refractivity contribution >= 4 is 23.2 Å². The van der Waals surface area contributed by atoms with Crippen molar-refractivity contribution in [3.8, 4) is 0 Å². The van der Waals surface area contributed by atoms with Crippen LogP contribution in [-0.2, 0) is 12.8 Å². The van der Waals surface area contributed by atoms with E-state index in [0.29, 0.717) is 0 Å². The Kier molecular flexibility index (Phi) is 6.76. The lowest BCUT2D eigenvalue weighted by Crippen LogP contribution is -2.53. The van der Waals surface area contributed by atoms with Crippen LogP contribution in [0.5, 0.6) is 0 Å². The normalized spacial score (nSPS) is 15.4.